The number of ether oxygens (including phenoxy) is 2. The molecule has 4 rings (SSSR count). The summed E-state index contributed by atoms with van der Waals surface area (Å²) in [6.07, 6.45) is 1.81. The third-order valence-corrected chi connectivity index (χ3v) is 6.43. The molecule has 0 unspecified atom stereocenters. The van der Waals surface area contributed by atoms with E-state index < -0.39 is 0 Å². The van der Waals surface area contributed by atoms with Gasteiger partial charge in [0.15, 0.2) is 16.7 Å². The van der Waals surface area contributed by atoms with Gasteiger partial charge in [0.05, 0.1) is 17.2 Å². The van der Waals surface area contributed by atoms with E-state index in [9.17, 15) is 4.79 Å². The molecule has 0 bridgehead atoms. The molecular formula is C25H20BrClN2O3S. The Labute approximate surface area is 210 Å². The Hall–Kier alpha value is -2.74. The van der Waals surface area contributed by atoms with Gasteiger partial charge in [-0.1, -0.05) is 41.9 Å². The number of nitrogens with zero attached hydrogens (tertiary/aromatic N) is 1. The summed E-state index contributed by atoms with van der Waals surface area (Å²) in [5.74, 6) is 1.06. The lowest BCUT2D eigenvalue weighted by molar-refractivity contribution is -0.115. The molecule has 1 saturated heterocycles. The van der Waals surface area contributed by atoms with Gasteiger partial charge in [0.25, 0.3) is 5.91 Å². The molecule has 1 aliphatic rings. The van der Waals surface area contributed by atoms with E-state index in [4.69, 9.17) is 21.1 Å². The van der Waals surface area contributed by atoms with Crippen molar-refractivity contribution in [1.29, 1.82) is 0 Å². The third-order valence-electron chi connectivity index (χ3n) is 4.60. The number of nitrogens with one attached hydrogen (secondary N) is 1. The lowest BCUT2D eigenvalue weighted by Gasteiger charge is -2.13. The fourth-order valence-electron chi connectivity index (χ4n) is 3.03. The summed E-state index contributed by atoms with van der Waals surface area (Å²) >= 11 is 10.7. The van der Waals surface area contributed by atoms with Crippen molar-refractivity contribution in [3.8, 4) is 11.5 Å². The molecule has 0 saturated carbocycles. The summed E-state index contributed by atoms with van der Waals surface area (Å²) in [6.45, 7) is 2.80. The van der Waals surface area contributed by atoms with Crippen molar-refractivity contribution in [3.63, 3.8) is 0 Å². The van der Waals surface area contributed by atoms with Crippen LogP contribution < -0.4 is 14.8 Å². The van der Waals surface area contributed by atoms with Crippen LogP contribution in [-0.4, -0.2) is 17.7 Å². The summed E-state index contributed by atoms with van der Waals surface area (Å²) in [5, 5.41) is 4.03. The number of amidine groups is 1. The van der Waals surface area contributed by atoms with Crippen LogP contribution in [0.25, 0.3) is 6.08 Å². The maximum Gasteiger partial charge on any atom is 0.264 e. The van der Waals surface area contributed by atoms with Crippen molar-refractivity contribution in [2.75, 3.05) is 6.61 Å². The number of hydrogen-bond donors (Lipinski definition) is 1. The largest absolute Gasteiger partial charge is 0.490 e. The van der Waals surface area contributed by atoms with Gasteiger partial charge in [-0.15, -0.1) is 0 Å². The van der Waals surface area contributed by atoms with E-state index in [1.54, 1.807) is 0 Å². The molecule has 3 aromatic rings. The predicted octanol–water partition coefficient (Wildman–Crippen LogP) is 6.97. The zero-order valence-corrected chi connectivity index (χ0v) is 20.8. The Bertz CT molecular complexity index is 1230. The van der Waals surface area contributed by atoms with Crippen molar-refractivity contribution in [1.82, 2.24) is 5.32 Å². The van der Waals surface area contributed by atoms with Gasteiger partial charge in [0.1, 0.15) is 6.61 Å². The molecule has 0 radical (unpaired) electrons. The minimum absolute atomic E-state index is 0.188. The molecule has 1 heterocycles. The van der Waals surface area contributed by atoms with Crippen LogP contribution in [-0.2, 0) is 11.4 Å². The van der Waals surface area contributed by atoms with Crippen LogP contribution in [0.15, 0.2) is 81.1 Å². The maximum absolute atomic E-state index is 12.5. The first-order valence-electron chi connectivity index (χ1n) is 10.2. The number of hydrogen-bond acceptors (Lipinski definition) is 5. The highest BCUT2D eigenvalue weighted by atomic mass is 79.9. The van der Waals surface area contributed by atoms with Crippen LogP contribution in [0.1, 0.15) is 18.1 Å². The second-order valence-corrected chi connectivity index (χ2v) is 9.31. The van der Waals surface area contributed by atoms with Crippen LogP contribution in [0.3, 0.4) is 0 Å². The average Bonchev–Trinajstić information content (AvgIpc) is 3.14. The summed E-state index contributed by atoms with van der Waals surface area (Å²) < 4.78 is 12.6. The van der Waals surface area contributed by atoms with E-state index >= 15 is 0 Å². The highest BCUT2D eigenvalue weighted by Crippen LogP contribution is 2.34. The van der Waals surface area contributed by atoms with E-state index in [1.165, 1.54) is 11.8 Å². The Morgan fingerprint density at radius 3 is 2.61 bits per heavy atom. The number of halogens is 2. The summed E-state index contributed by atoms with van der Waals surface area (Å²) in [7, 11) is 0. The predicted molar refractivity (Wildman–Crippen MR) is 138 cm³/mol. The SMILES string of the molecule is CCOc1cc(C=C2SC(=Nc3ccccc3Br)NC2=O)ccc1OCc1ccc(Cl)cc1. The first kappa shape index (κ1) is 23.4. The van der Waals surface area contributed by atoms with Gasteiger partial charge in [-0.25, -0.2) is 4.99 Å². The summed E-state index contributed by atoms with van der Waals surface area (Å²) in [6, 6.07) is 20.7. The number of aliphatic imine (C=N–C) groups is 1. The number of thioether (sulfide) groups is 1. The fourth-order valence-corrected chi connectivity index (χ4v) is 4.36. The van der Waals surface area contributed by atoms with Crippen LogP contribution >= 0.6 is 39.3 Å². The van der Waals surface area contributed by atoms with Crippen molar-refractivity contribution in [2.45, 2.75) is 13.5 Å². The normalized spacial score (nSPS) is 15.7. The number of carbonyl (C=O) groups is 1. The van der Waals surface area contributed by atoms with Crippen molar-refractivity contribution in [3.05, 3.63) is 92.3 Å². The molecule has 1 amide bonds. The van der Waals surface area contributed by atoms with Gasteiger partial charge in [0.2, 0.25) is 0 Å². The first-order valence-corrected chi connectivity index (χ1v) is 12.2. The standard InChI is InChI=1S/C25H20BrClN2O3S/c1-2-31-22-13-17(9-12-21(22)32-15-16-7-10-18(27)11-8-16)14-23-24(30)29-25(33-23)28-20-6-4-3-5-19(20)26/h3-14H,2,15H2,1H3,(H,28,29,30). The molecule has 5 nitrogen and oxygen atoms in total. The van der Waals surface area contributed by atoms with Crippen molar-refractivity contribution < 1.29 is 14.3 Å². The Morgan fingerprint density at radius 2 is 1.85 bits per heavy atom. The van der Waals surface area contributed by atoms with Crippen LogP contribution in [0, 0.1) is 0 Å². The molecule has 0 atom stereocenters. The molecule has 8 heteroatoms. The second-order valence-electron chi connectivity index (χ2n) is 6.99. The molecule has 33 heavy (non-hydrogen) atoms. The minimum atomic E-state index is -0.188. The highest BCUT2D eigenvalue weighted by Gasteiger charge is 2.24. The molecule has 0 aromatic heterocycles. The molecular weight excluding hydrogens is 524 g/mol. The van der Waals surface area contributed by atoms with Crippen LogP contribution in [0.4, 0.5) is 5.69 Å². The van der Waals surface area contributed by atoms with Gasteiger partial charge in [-0.3, -0.25) is 4.79 Å². The van der Waals surface area contributed by atoms with Gasteiger partial charge in [-0.2, -0.15) is 0 Å². The minimum Gasteiger partial charge on any atom is -0.490 e. The van der Waals surface area contributed by atoms with E-state index in [2.05, 4.69) is 26.2 Å². The van der Waals surface area contributed by atoms with E-state index in [1.807, 2.05) is 79.7 Å². The van der Waals surface area contributed by atoms with E-state index in [0.29, 0.717) is 39.8 Å². The quantitative estimate of drug-likeness (QED) is 0.327. The Balaban J connectivity index is 1.51. The second kappa shape index (κ2) is 10.9. The smallest absolute Gasteiger partial charge is 0.264 e. The molecule has 1 fully saturated rings. The molecule has 168 valence electrons. The number of amides is 1. The fraction of sp³-hybridized carbons (Fsp3) is 0.120. The molecule has 1 aliphatic heterocycles. The summed E-state index contributed by atoms with van der Waals surface area (Å²) in [5.41, 5.74) is 2.59. The zero-order valence-electron chi connectivity index (χ0n) is 17.7. The Morgan fingerprint density at radius 1 is 1.06 bits per heavy atom. The molecule has 0 spiro atoms. The van der Waals surface area contributed by atoms with Gasteiger partial charge < -0.3 is 14.8 Å². The lowest BCUT2D eigenvalue weighted by Crippen LogP contribution is -2.19. The number of rotatable bonds is 7. The van der Waals surface area contributed by atoms with Crippen LogP contribution in [0.2, 0.25) is 5.02 Å². The van der Waals surface area contributed by atoms with Gasteiger partial charge in [-0.05, 0) is 88.2 Å². The number of benzene rings is 3. The Kier molecular flexibility index (Phi) is 7.75. The highest BCUT2D eigenvalue weighted by molar-refractivity contribution is 9.10. The average molecular weight is 544 g/mol. The first-order chi connectivity index (χ1) is 16.0. The maximum atomic E-state index is 12.5. The number of para-hydroxylation sites is 1. The summed E-state index contributed by atoms with van der Waals surface area (Å²) in [4.78, 5) is 17.5. The number of carbonyl (C=O) groups excluding carboxylic acids is 1. The van der Waals surface area contributed by atoms with E-state index in [0.717, 1.165) is 21.3 Å². The van der Waals surface area contributed by atoms with E-state index in [-0.39, 0.29) is 5.91 Å². The molecule has 3 aromatic carbocycles. The topological polar surface area (TPSA) is 59.9 Å². The third kappa shape index (κ3) is 6.19. The lowest BCUT2D eigenvalue weighted by atomic mass is 10.2. The molecule has 1 N–H and O–H groups in total. The van der Waals surface area contributed by atoms with Gasteiger partial charge in [0, 0.05) is 9.50 Å². The van der Waals surface area contributed by atoms with Crippen LogP contribution in [0.5, 0.6) is 11.5 Å². The monoisotopic (exact) mass is 542 g/mol. The zero-order chi connectivity index (χ0) is 23.2. The van der Waals surface area contributed by atoms with Gasteiger partial charge >= 0.3 is 0 Å². The van der Waals surface area contributed by atoms with Crippen molar-refractivity contribution >= 4 is 62.1 Å². The van der Waals surface area contributed by atoms with Crippen molar-refractivity contribution in [2.24, 2.45) is 4.99 Å². The molecule has 0 aliphatic carbocycles.